The van der Waals surface area contributed by atoms with Gasteiger partial charge in [-0.2, -0.15) is 0 Å². The normalized spacial score (nSPS) is 24.7. The fourth-order valence-corrected chi connectivity index (χ4v) is 3.45. The fraction of sp³-hybridized carbons (Fsp3) is 0.938. The van der Waals surface area contributed by atoms with Crippen molar-refractivity contribution in [2.45, 2.75) is 72.4 Å². The fourth-order valence-electron chi connectivity index (χ4n) is 3.45. The molecule has 1 aliphatic carbocycles. The monoisotopic (exact) mass is 293 g/mol. The number of nitrogens with zero attached hydrogens (tertiary/aromatic N) is 4. The molecule has 2 rings (SSSR count). The van der Waals surface area contributed by atoms with Gasteiger partial charge in [-0.3, -0.25) is 0 Å². The lowest BCUT2D eigenvalue weighted by Crippen LogP contribution is -2.32. The second-order valence-corrected chi connectivity index (χ2v) is 7.27. The largest absolute Gasteiger partial charge is 0.307 e. The molecule has 0 saturated heterocycles. The Labute approximate surface area is 128 Å². The quantitative estimate of drug-likeness (QED) is 0.873. The minimum absolute atomic E-state index is 0.206. The average Bonchev–Trinajstić information content (AvgIpc) is 2.94. The number of rotatable bonds is 6. The standard InChI is InChI=1S/C16H31N5/c1-11(2)10-17-13(5)16-18-19-20-21(16)15-9-7-6-8-14(15)12(3)4/h11-15,17H,6-10H2,1-5H3. The van der Waals surface area contributed by atoms with Crippen LogP contribution in [0.3, 0.4) is 0 Å². The first-order valence-corrected chi connectivity index (χ1v) is 8.51. The highest BCUT2D eigenvalue weighted by Gasteiger charge is 2.32. The summed E-state index contributed by atoms with van der Waals surface area (Å²) in [6.45, 7) is 12.3. The van der Waals surface area contributed by atoms with Gasteiger partial charge in [0.1, 0.15) is 0 Å². The summed E-state index contributed by atoms with van der Waals surface area (Å²) in [5.41, 5.74) is 0. The van der Waals surface area contributed by atoms with Crippen LogP contribution in [0, 0.1) is 17.8 Å². The van der Waals surface area contributed by atoms with Gasteiger partial charge in [-0.05, 0) is 54.5 Å². The molecule has 3 atom stereocenters. The molecule has 0 spiro atoms. The maximum absolute atomic E-state index is 4.34. The summed E-state index contributed by atoms with van der Waals surface area (Å²) in [7, 11) is 0. The van der Waals surface area contributed by atoms with Crippen LogP contribution in [0.15, 0.2) is 0 Å². The van der Waals surface area contributed by atoms with Crippen LogP contribution < -0.4 is 5.32 Å². The molecule has 1 aromatic heterocycles. The maximum Gasteiger partial charge on any atom is 0.168 e. The zero-order chi connectivity index (χ0) is 15.4. The minimum Gasteiger partial charge on any atom is -0.307 e. The lowest BCUT2D eigenvalue weighted by molar-refractivity contribution is 0.165. The lowest BCUT2D eigenvalue weighted by atomic mass is 9.78. The Morgan fingerprint density at radius 2 is 1.86 bits per heavy atom. The van der Waals surface area contributed by atoms with Crippen molar-refractivity contribution in [2.75, 3.05) is 6.54 Å². The van der Waals surface area contributed by atoms with Crippen molar-refractivity contribution >= 4 is 0 Å². The second-order valence-electron chi connectivity index (χ2n) is 7.27. The molecule has 1 heterocycles. The molecule has 5 heteroatoms. The summed E-state index contributed by atoms with van der Waals surface area (Å²) in [5, 5.41) is 16.1. The smallest absolute Gasteiger partial charge is 0.168 e. The van der Waals surface area contributed by atoms with Crippen LogP contribution in [0.5, 0.6) is 0 Å². The highest BCUT2D eigenvalue weighted by molar-refractivity contribution is 4.95. The molecule has 0 aromatic carbocycles. The molecular weight excluding hydrogens is 262 g/mol. The summed E-state index contributed by atoms with van der Waals surface area (Å²) in [6.07, 6.45) is 5.15. The first-order valence-electron chi connectivity index (χ1n) is 8.51. The van der Waals surface area contributed by atoms with Crippen molar-refractivity contribution in [3.05, 3.63) is 5.82 Å². The molecule has 1 N–H and O–H groups in total. The van der Waals surface area contributed by atoms with Gasteiger partial charge < -0.3 is 5.32 Å². The number of tetrazole rings is 1. The van der Waals surface area contributed by atoms with Gasteiger partial charge in [0.15, 0.2) is 5.82 Å². The molecule has 0 amide bonds. The van der Waals surface area contributed by atoms with Gasteiger partial charge in [0.2, 0.25) is 0 Å². The number of hydrogen-bond acceptors (Lipinski definition) is 4. The average molecular weight is 293 g/mol. The van der Waals surface area contributed by atoms with Gasteiger partial charge in [0, 0.05) is 0 Å². The molecule has 3 unspecified atom stereocenters. The Kier molecular flexibility index (Phi) is 5.73. The first-order chi connectivity index (χ1) is 10.0. The lowest BCUT2D eigenvalue weighted by Gasteiger charge is -2.35. The molecule has 21 heavy (non-hydrogen) atoms. The van der Waals surface area contributed by atoms with Crippen LogP contribution in [-0.2, 0) is 0 Å². The van der Waals surface area contributed by atoms with Gasteiger partial charge in [-0.1, -0.05) is 40.5 Å². The molecule has 0 radical (unpaired) electrons. The second kappa shape index (κ2) is 7.34. The van der Waals surface area contributed by atoms with E-state index in [1.54, 1.807) is 0 Å². The van der Waals surface area contributed by atoms with E-state index in [0.29, 0.717) is 23.8 Å². The summed E-state index contributed by atoms with van der Waals surface area (Å²) in [6, 6.07) is 0.671. The van der Waals surface area contributed by atoms with Gasteiger partial charge in [0.25, 0.3) is 0 Å². The predicted molar refractivity (Wildman–Crippen MR) is 84.9 cm³/mol. The summed E-state index contributed by atoms with van der Waals surface area (Å²) in [4.78, 5) is 0. The molecule has 5 nitrogen and oxygen atoms in total. The third-order valence-corrected chi connectivity index (χ3v) is 4.69. The van der Waals surface area contributed by atoms with E-state index in [1.165, 1.54) is 25.7 Å². The molecule has 1 aliphatic rings. The summed E-state index contributed by atoms with van der Waals surface area (Å²) in [5.74, 6) is 3.01. The van der Waals surface area contributed by atoms with Crippen molar-refractivity contribution in [3.63, 3.8) is 0 Å². The zero-order valence-electron chi connectivity index (χ0n) is 14.2. The maximum atomic E-state index is 4.34. The summed E-state index contributed by atoms with van der Waals surface area (Å²) >= 11 is 0. The van der Waals surface area contributed by atoms with Crippen molar-refractivity contribution in [1.29, 1.82) is 0 Å². The summed E-state index contributed by atoms with van der Waals surface area (Å²) < 4.78 is 2.11. The van der Waals surface area contributed by atoms with E-state index in [1.807, 2.05) is 0 Å². The van der Waals surface area contributed by atoms with Crippen LogP contribution in [0.25, 0.3) is 0 Å². The number of hydrogen-bond donors (Lipinski definition) is 1. The zero-order valence-corrected chi connectivity index (χ0v) is 14.2. The minimum atomic E-state index is 0.206. The molecular formula is C16H31N5. The van der Waals surface area contributed by atoms with Crippen molar-refractivity contribution in [1.82, 2.24) is 25.5 Å². The SMILES string of the molecule is CC(C)CNC(C)c1nnnn1C1CCCCC1C(C)C. The van der Waals surface area contributed by atoms with Gasteiger partial charge >= 0.3 is 0 Å². The predicted octanol–water partition coefficient (Wildman–Crippen LogP) is 3.37. The van der Waals surface area contributed by atoms with Crippen LogP contribution in [0.2, 0.25) is 0 Å². The molecule has 0 bridgehead atoms. The van der Waals surface area contributed by atoms with Crippen LogP contribution >= 0.6 is 0 Å². The highest BCUT2D eigenvalue weighted by atomic mass is 15.6. The molecule has 1 aromatic rings. The molecule has 120 valence electrons. The van der Waals surface area contributed by atoms with Crippen molar-refractivity contribution < 1.29 is 0 Å². The third kappa shape index (κ3) is 4.02. The van der Waals surface area contributed by atoms with Crippen LogP contribution in [0.1, 0.15) is 78.2 Å². The Hall–Kier alpha value is -0.970. The molecule has 0 aliphatic heterocycles. The molecule has 1 fully saturated rings. The van der Waals surface area contributed by atoms with E-state index < -0.39 is 0 Å². The Bertz CT molecular complexity index is 426. The molecule has 1 saturated carbocycles. The number of aromatic nitrogens is 4. The van der Waals surface area contributed by atoms with Gasteiger partial charge in [-0.25, -0.2) is 4.68 Å². The Balaban J connectivity index is 2.14. The van der Waals surface area contributed by atoms with Gasteiger partial charge in [-0.15, -0.1) is 5.10 Å². The van der Waals surface area contributed by atoms with Crippen molar-refractivity contribution in [2.24, 2.45) is 17.8 Å². The van der Waals surface area contributed by atoms with E-state index in [-0.39, 0.29) is 6.04 Å². The Morgan fingerprint density at radius 3 is 2.52 bits per heavy atom. The third-order valence-electron chi connectivity index (χ3n) is 4.69. The van der Waals surface area contributed by atoms with E-state index in [2.05, 4.69) is 60.1 Å². The number of nitrogens with one attached hydrogen (secondary N) is 1. The topological polar surface area (TPSA) is 55.6 Å². The van der Waals surface area contributed by atoms with E-state index >= 15 is 0 Å². The first kappa shape index (κ1) is 16.4. The van der Waals surface area contributed by atoms with E-state index in [4.69, 9.17) is 0 Å². The van der Waals surface area contributed by atoms with Crippen LogP contribution in [0.4, 0.5) is 0 Å². The Morgan fingerprint density at radius 1 is 1.14 bits per heavy atom. The van der Waals surface area contributed by atoms with Gasteiger partial charge in [0.05, 0.1) is 12.1 Å². The van der Waals surface area contributed by atoms with Crippen molar-refractivity contribution in [3.8, 4) is 0 Å². The highest BCUT2D eigenvalue weighted by Crippen LogP contribution is 2.38. The van der Waals surface area contributed by atoms with E-state index in [0.717, 1.165) is 12.4 Å². The van der Waals surface area contributed by atoms with E-state index in [9.17, 15) is 0 Å². The van der Waals surface area contributed by atoms with Crippen LogP contribution in [-0.4, -0.2) is 26.8 Å².